The Morgan fingerprint density at radius 3 is 2.92 bits per heavy atom. The summed E-state index contributed by atoms with van der Waals surface area (Å²) in [5.41, 5.74) is 1.01. The Morgan fingerprint density at radius 2 is 2.20 bits per heavy atom. The summed E-state index contributed by atoms with van der Waals surface area (Å²) in [6.45, 7) is 3.62. The molecule has 0 radical (unpaired) electrons. The van der Waals surface area contributed by atoms with Gasteiger partial charge in [0.25, 0.3) is 5.22 Å². The number of nitrogens with one attached hydrogen (secondary N) is 1. The smallest absolute Gasteiger partial charge is 0.277 e. The minimum Gasteiger partial charge on any atom is -0.416 e. The maximum atomic E-state index is 13.6. The van der Waals surface area contributed by atoms with Gasteiger partial charge in [0, 0.05) is 5.38 Å². The van der Waals surface area contributed by atoms with E-state index in [2.05, 4.69) is 20.5 Å². The summed E-state index contributed by atoms with van der Waals surface area (Å²) >= 11 is 2.68. The summed E-state index contributed by atoms with van der Waals surface area (Å²) in [6.07, 6.45) is 0.452. The van der Waals surface area contributed by atoms with E-state index in [1.54, 1.807) is 30.4 Å². The van der Waals surface area contributed by atoms with Gasteiger partial charge >= 0.3 is 0 Å². The Labute approximate surface area is 151 Å². The Bertz CT molecular complexity index is 880. The van der Waals surface area contributed by atoms with Crippen molar-refractivity contribution in [2.75, 3.05) is 5.32 Å². The topological polar surface area (TPSA) is 80.9 Å². The molecule has 3 aromatic rings. The standard InChI is InChI=1S/C16H15FN4O2S2/c1-9(15(22)19-13-6-4-3-5-12(13)17)25-16-21-20-14(23-16)7-11-8-24-10(2)18-11/h3-6,8-9H,7H2,1-2H3,(H,19,22). The fourth-order valence-corrected chi connectivity index (χ4v) is 3.32. The van der Waals surface area contributed by atoms with Crippen LogP contribution in [-0.2, 0) is 11.2 Å². The molecular weight excluding hydrogens is 363 g/mol. The molecule has 3 rings (SSSR count). The van der Waals surface area contributed by atoms with Crippen LogP contribution in [0.15, 0.2) is 39.3 Å². The van der Waals surface area contributed by atoms with Gasteiger partial charge in [0.2, 0.25) is 11.8 Å². The Morgan fingerprint density at radius 1 is 1.40 bits per heavy atom. The minimum absolute atomic E-state index is 0.144. The van der Waals surface area contributed by atoms with E-state index < -0.39 is 11.1 Å². The van der Waals surface area contributed by atoms with E-state index in [-0.39, 0.29) is 16.8 Å². The lowest BCUT2D eigenvalue weighted by Crippen LogP contribution is -2.22. The van der Waals surface area contributed by atoms with E-state index in [0.29, 0.717) is 12.3 Å². The molecule has 2 aromatic heterocycles. The van der Waals surface area contributed by atoms with Gasteiger partial charge in [-0.25, -0.2) is 9.37 Å². The Hall–Kier alpha value is -2.26. The van der Waals surface area contributed by atoms with Crippen LogP contribution in [-0.4, -0.2) is 26.3 Å². The second-order valence-corrected chi connectivity index (χ2v) is 7.58. The van der Waals surface area contributed by atoms with Crippen molar-refractivity contribution >= 4 is 34.7 Å². The zero-order valence-corrected chi connectivity index (χ0v) is 15.2. The van der Waals surface area contributed by atoms with Crippen LogP contribution in [0.25, 0.3) is 0 Å². The maximum absolute atomic E-state index is 13.6. The van der Waals surface area contributed by atoms with Gasteiger partial charge in [-0.15, -0.1) is 21.5 Å². The summed E-state index contributed by atoms with van der Waals surface area (Å²) < 4.78 is 19.1. The first-order valence-electron chi connectivity index (χ1n) is 7.46. The first-order valence-corrected chi connectivity index (χ1v) is 9.22. The number of hydrogen-bond donors (Lipinski definition) is 1. The predicted octanol–water partition coefficient (Wildman–Crippen LogP) is 3.68. The molecule has 0 fully saturated rings. The molecule has 130 valence electrons. The molecule has 0 aliphatic rings. The number of amides is 1. The maximum Gasteiger partial charge on any atom is 0.277 e. The van der Waals surface area contributed by atoms with Crippen LogP contribution in [0.1, 0.15) is 23.5 Å². The van der Waals surface area contributed by atoms with E-state index >= 15 is 0 Å². The summed E-state index contributed by atoms with van der Waals surface area (Å²) in [4.78, 5) is 16.5. The van der Waals surface area contributed by atoms with Crippen molar-refractivity contribution in [1.82, 2.24) is 15.2 Å². The number of thiazole rings is 1. The molecule has 9 heteroatoms. The van der Waals surface area contributed by atoms with Crippen LogP contribution in [0.2, 0.25) is 0 Å². The highest BCUT2D eigenvalue weighted by Gasteiger charge is 2.19. The Balaban J connectivity index is 1.58. The van der Waals surface area contributed by atoms with Crippen molar-refractivity contribution in [3.05, 3.63) is 52.1 Å². The number of nitrogens with zero attached hydrogens (tertiary/aromatic N) is 3. The molecule has 0 saturated carbocycles. The van der Waals surface area contributed by atoms with Crippen molar-refractivity contribution in [3.63, 3.8) is 0 Å². The molecule has 0 bridgehead atoms. The molecule has 1 atom stereocenters. The minimum atomic E-state index is -0.519. The van der Waals surface area contributed by atoms with Crippen LogP contribution in [0.5, 0.6) is 0 Å². The number of carbonyl (C=O) groups is 1. The molecule has 1 aromatic carbocycles. The lowest BCUT2D eigenvalue weighted by atomic mass is 10.3. The summed E-state index contributed by atoms with van der Waals surface area (Å²) in [5.74, 6) is -0.383. The average molecular weight is 378 g/mol. The number of anilines is 1. The second-order valence-electron chi connectivity index (χ2n) is 5.23. The molecule has 1 unspecified atom stereocenters. The van der Waals surface area contributed by atoms with Gasteiger partial charge in [0.1, 0.15) is 5.82 Å². The van der Waals surface area contributed by atoms with Gasteiger partial charge in [0.15, 0.2) is 0 Å². The summed E-state index contributed by atoms with van der Waals surface area (Å²) in [5, 5.41) is 13.1. The number of hydrogen-bond acceptors (Lipinski definition) is 7. The van der Waals surface area contributed by atoms with E-state index in [1.807, 2.05) is 12.3 Å². The van der Waals surface area contributed by atoms with Gasteiger partial charge in [0.05, 0.1) is 28.1 Å². The lowest BCUT2D eigenvalue weighted by Gasteiger charge is -2.10. The number of halogens is 1. The first kappa shape index (κ1) is 17.6. The zero-order valence-electron chi connectivity index (χ0n) is 13.5. The van der Waals surface area contributed by atoms with Gasteiger partial charge in [-0.1, -0.05) is 23.9 Å². The summed E-state index contributed by atoms with van der Waals surface area (Å²) in [6, 6.07) is 6.01. The number of aromatic nitrogens is 3. The van der Waals surface area contributed by atoms with E-state index in [4.69, 9.17) is 4.42 Å². The highest BCUT2D eigenvalue weighted by molar-refractivity contribution is 8.00. The number of rotatable bonds is 6. The molecule has 0 spiro atoms. The monoisotopic (exact) mass is 378 g/mol. The fourth-order valence-electron chi connectivity index (χ4n) is 2.00. The number of benzene rings is 1. The molecule has 0 saturated heterocycles. The predicted molar refractivity (Wildman–Crippen MR) is 94.3 cm³/mol. The quantitative estimate of drug-likeness (QED) is 0.659. The third-order valence-electron chi connectivity index (χ3n) is 3.23. The number of carbonyl (C=O) groups excluding carboxylic acids is 1. The van der Waals surface area contributed by atoms with Gasteiger partial charge in [-0.3, -0.25) is 4.79 Å². The van der Waals surface area contributed by atoms with Gasteiger partial charge in [-0.2, -0.15) is 0 Å². The van der Waals surface area contributed by atoms with Crippen LogP contribution >= 0.6 is 23.1 Å². The van der Waals surface area contributed by atoms with Crippen LogP contribution in [0, 0.1) is 12.7 Å². The number of aryl methyl sites for hydroxylation is 1. The third kappa shape index (κ3) is 4.64. The SMILES string of the molecule is Cc1nc(Cc2nnc(SC(C)C(=O)Nc3ccccc3F)o2)cs1. The third-order valence-corrected chi connectivity index (χ3v) is 4.98. The summed E-state index contributed by atoms with van der Waals surface area (Å²) in [7, 11) is 0. The van der Waals surface area contributed by atoms with Crippen molar-refractivity contribution in [2.24, 2.45) is 0 Å². The highest BCUT2D eigenvalue weighted by atomic mass is 32.2. The van der Waals surface area contributed by atoms with E-state index in [9.17, 15) is 9.18 Å². The van der Waals surface area contributed by atoms with E-state index in [1.165, 1.54) is 12.1 Å². The Kier molecular flexibility index (Phi) is 5.44. The van der Waals surface area contributed by atoms with E-state index in [0.717, 1.165) is 22.5 Å². The number of para-hydroxylation sites is 1. The largest absolute Gasteiger partial charge is 0.416 e. The molecule has 2 heterocycles. The molecule has 1 N–H and O–H groups in total. The second kappa shape index (κ2) is 7.75. The molecular formula is C16H15FN4O2S2. The van der Waals surface area contributed by atoms with Crippen LogP contribution in [0.3, 0.4) is 0 Å². The van der Waals surface area contributed by atoms with Crippen LogP contribution in [0.4, 0.5) is 10.1 Å². The fraction of sp³-hybridized carbons (Fsp3) is 0.250. The van der Waals surface area contributed by atoms with Gasteiger partial charge in [-0.05, 0) is 26.0 Å². The normalized spacial score (nSPS) is 12.1. The van der Waals surface area contributed by atoms with Gasteiger partial charge < -0.3 is 9.73 Å². The average Bonchev–Trinajstić information content (AvgIpc) is 3.19. The number of thioether (sulfide) groups is 1. The zero-order chi connectivity index (χ0) is 17.8. The lowest BCUT2D eigenvalue weighted by molar-refractivity contribution is -0.115. The molecule has 25 heavy (non-hydrogen) atoms. The van der Waals surface area contributed by atoms with Crippen molar-refractivity contribution in [3.8, 4) is 0 Å². The first-order chi connectivity index (χ1) is 12.0. The molecule has 1 amide bonds. The van der Waals surface area contributed by atoms with Crippen molar-refractivity contribution in [2.45, 2.75) is 30.7 Å². The molecule has 0 aliphatic heterocycles. The van der Waals surface area contributed by atoms with Crippen molar-refractivity contribution < 1.29 is 13.6 Å². The van der Waals surface area contributed by atoms with Crippen molar-refractivity contribution in [1.29, 1.82) is 0 Å². The highest BCUT2D eigenvalue weighted by Crippen LogP contribution is 2.24. The van der Waals surface area contributed by atoms with Crippen LogP contribution < -0.4 is 5.32 Å². The molecule has 0 aliphatic carbocycles. The molecule has 6 nitrogen and oxygen atoms in total.